The first-order chi connectivity index (χ1) is 11.5. The van der Waals surface area contributed by atoms with Gasteiger partial charge in [-0.1, -0.05) is 23.9 Å². The van der Waals surface area contributed by atoms with Gasteiger partial charge in [0.15, 0.2) is 17.7 Å². The van der Waals surface area contributed by atoms with Crippen molar-refractivity contribution in [1.82, 2.24) is 15.5 Å². The van der Waals surface area contributed by atoms with Crippen molar-refractivity contribution in [2.45, 2.75) is 18.3 Å². The molecule has 0 saturated heterocycles. The minimum atomic E-state index is -0.660. The number of hydrogen-bond acceptors (Lipinski definition) is 7. The Hall–Kier alpha value is -2.62. The van der Waals surface area contributed by atoms with Gasteiger partial charge in [-0.2, -0.15) is 0 Å². The molecule has 0 aliphatic carbocycles. The summed E-state index contributed by atoms with van der Waals surface area (Å²) in [6.07, 6.45) is -0.660. The third kappa shape index (κ3) is 5.23. The first-order valence-electron chi connectivity index (χ1n) is 6.88. The van der Waals surface area contributed by atoms with Crippen molar-refractivity contribution in [3.05, 3.63) is 36.0 Å². The van der Waals surface area contributed by atoms with Crippen molar-refractivity contribution in [3.8, 4) is 5.75 Å². The molecule has 1 heterocycles. The van der Waals surface area contributed by atoms with Crippen LogP contribution in [0.2, 0.25) is 0 Å². The van der Waals surface area contributed by atoms with E-state index in [1.54, 1.807) is 19.1 Å². The van der Waals surface area contributed by atoms with Gasteiger partial charge in [-0.05, 0) is 19.1 Å². The molecule has 0 bridgehead atoms. The summed E-state index contributed by atoms with van der Waals surface area (Å²) >= 11 is 0.994. The van der Waals surface area contributed by atoms with Crippen molar-refractivity contribution in [1.29, 1.82) is 0 Å². The predicted molar refractivity (Wildman–Crippen MR) is 82.7 cm³/mol. The molecule has 3 N–H and O–H groups in total. The number of amides is 2. The number of aromatic nitrogens is 2. The number of nitrogens with one attached hydrogen (secondary N) is 1. The lowest BCUT2D eigenvalue weighted by atomic mass is 10.3. The summed E-state index contributed by atoms with van der Waals surface area (Å²) in [7, 11) is 0. The molecule has 2 aromatic rings. The number of para-hydroxylation sites is 1. The zero-order valence-electron chi connectivity index (χ0n) is 12.7. The second kappa shape index (κ2) is 8.29. The van der Waals surface area contributed by atoms with Crippen LogP contribution in [0.1, 0.15) is 18.9 Å². The van der Waals surface area contributed by atoms with Crippen LogP contribution in [0.15, 0.2) is 33.9 Å². The van der Waals surface area contributed by atoms with Gasteiger partial charge in [-0.15, -0.1) is 10.2 Å². The van der Waals surface area contributed by atoms with E-state index in [0.29, 0.717) is 0 Å². The van der Waals surface area contributed by atoms with E-state index in [9.17, 15) is 14.0 Å². The van der Waals surface area contributed by atoms with Gasteiger partial charge in [-0.25, -0.2) is 4.39 Å². The summed E-state index contributed by atoms with van der Waals surface area (Å²) in [6, 6.07) is 5.96. The fraction of sp³-hybridized carbons (Fsp3) is 0.286. The molecule has 2 amide bonds. The summed E-state index contributed by atoms with van der Waals surface area (Å²) in [5.74, 6) is -1.31. The van der Waals surface area contributed by atoms with Crippen LogP contribution in [0.4, 0.5) is 4.39 Å². The van der Waals surface area contributed by atoms with Gasteiger partial charge in [0.2, 0.25) is 11.8 Å². The van der Waals surface area contributed by atoms with Gasteiger partial charge in [-0.3, -0.25) is 9.59 Å². The highest BCUT2D eigenvalue weighted by Gasteiger charge is 2.18. The van der Waals surface area contributed by atoms with E-state index in [1.807, 2.05) is 0 Å². The lowest BCUT2D eigenvalue weighted by Crippen LogP contribution is -2.34. The van der Waals surface area contributed by atoms with Crippen LogP contribution in [0.25, 0.3) is 0 Å². The molecule has 1 aromatic heterocycles. The monoisotopic (exact) mass is 354 g/mol. The minimum Gasteiger partial charge on any atom is -0.478 e. The first-order valence-corrected chi connectivity index (χ1v) is 7.86. The molecule has 128 valence electrons. The number of nitrogens with zero attached hydrogens (tertiary/aromatic N) is 2. The molecule has 0 radical (unpaired) electrons. The van der Waals surface area contributed by atoms with Crippen LogP contribution in [0.5, 0.6) is 5.75 Å². The maximum Gasteiger partial charge on any atom is 0.277 e. The van der Waals surface area contributed by atoms with Gasteiger partial charge in [0.05, 0.1) is 12.3 Å². The van der Waals surface area contributed by atoms with Crippen LogP contribution in [-0.2, 0) is 9.59 Å². The van der Waals surface area contributed by atoms with Crippen LogP contribution in [-0.4, -0.2) is 34.3 Å². The topological polar surface area (TPSA) is 120 Å². The molecule has 0 unspecified atom stereocenters. The second-order valence-electron chi connectivity index (χ2n) is 4.63. The number of hydrogen-bond donors (Lipinski definition) is 2. The first kappa shape index (κ1) is 17.7. The number of carbonyl (C=O) groups excluding carboxylic acids is 2. The van der Waals surface area contributed by atoms with Gasteiger partial charge in [0.25, 0.3) is 11.1 Å². The summed E-state index contributed by atoms with van der Waals surface area (Å²) in [5, 5.41) is 10.1. The lowest BCUT2D eigenvalue weighted by Gasteiger charge is -2.11. The number of rotatable bonds is 8. The third-order valence-corrected chi connectivity index (χ3v) is 3.52. The summed E-state index contributed by atoms with van der Waals surface area (Å²) < 4.78 is 24.3. The molecular formula is C14H15FN4O4S. The highest BCUT2D eigenvalue weighted by atomic mass is 32.2. The van der Waals surface area contributed by atoms with Gasteiger partial charge in [0, 0.05) is 0 Å². The zero-order valence-corrected chi connectivity index (χ0v) is 13.5. The molecule has 0 aliphatic rings. The number of nitrogens with two attached hydrogens (primary N) is 1. The van der Waals surface area contributed by atoms with E-state index in [1.165, 1.54) is 12.1 Å². The van der Waals surface area contributed by atoms with E-state index < -0.39 is 23.7 Å². The van der Waals surface area contributed by atoms with E-state index in [4.69, 9.17) is 14.9 Å². The molecule has 0 fully saturated rings. The van der Waals surface area contributed by atoms with E-state index in [2.05, 4.69) is 15.5 Å². The Balaban J connectivity index is 1.87. The maximum absolute atomic E-state index is 13.5. The highest BCUT2D eigenvalue weighted by Crippen LogP contribution is 2.25. The van der Waals surface area contributed by atoms with Crippen molar-refractivity contribution >= 4 is 23.6 Å². The number of carbonyl (C=O) groups is 2. The number of benzene rings is 1. The van der Waals surface area contributed by atoms with Crippen LogP contribution in [0.3, 0.4) is 0 Å². The predicted octanol–water partition coefficient (Wildman–Crippen LogP) is 1.04. The van der Waals surface area contributed by atoms with Crippen molar-refractivity contribution in [2.24, 2.45) is 5.73 Å². The summed E-state index contributed by atoms with van der Waals surface area (Å²) in [6.45, 7) is 1.40. The Bertz CT molecular complexity index is 724. The molecule has 0 aliphatic heterocycles. The second-order valence-corrected chi connectivity index (χ2v) is 5.56. The molecule has 0 saturated carbocycles. The van der Waals surface area contributed by atoms with Crippen molar-refractivity contribution in [3.63, 3.8) is 0 Å². The van der Waals surface area contributed by atoms with E-state index in [-0.39, 0.29) is 29.2 Å². The zero-order chi connectivity index (χ0) is 17.5. The van der Waals surface area contributed by atoms with Crippen LogP contribution in [0, 0.1) is 5.82 Å². The van der Waals surface area contributed by atoms with Gasteiger partial charge in [0.1, 0.15) is 0 Å². The molecule has 10 heteroatoms. The van der Waals surface area contributed by atoms with Crippen LogP contribution < -0.4 is 15.8 Å². The van der Waals surface area contributed by atoms with Crippen molar-refractivity contribution < 1.29 is 23.1 Å². The number of thioether (sulfide) groups is 1. The summed E-state index contributed by atoms with van der Waals surface area (Å²) in [5.41, 5.74) is 4.92. The van der Waals surface area contributed by atoms with Gasteiger partial charge < -0.3 is 20.2 Å². The fourth-order valence-electron chi connectivity index (χ4n) is 1.59. The quantitative estimate of drug-likeness (QED) is 0.680. The molecule has 1 atom stereocenters. The Labute approximate surface area is 140 Å². The van der Waals surface area contributed by atoms with Crippen molar-refractivity contribution in [2.75, 3.05) is 12.3 Å². The number of ether oxygens (including phenoxy) is 1. The third-order valence-electron chi connectivity index (χ3n) is 2.70. The number of halogens is 1. The van der Waals surface area contributed by atoms with E-state index in [0.717, 1.165) is 11.8 Å². The smallest absolute Gasteiger partial charge is 0.277 e. The molecule has 24 heavy (non-hydrogen) atoms. The minimum absolute atomic E-state index is 0.0164. The Kier molecular flexibility index (Phi) is 6.13. The highest BCUT2D eigenvalue weighted by molar-refractivity contribution is 7.99. The lowest BCUT2D eigenvalue weighted by molar-refractivity contribution is -0.123. The molecule has 0 spiro atoms. The molecule has 2 rings (SSSR count). The molecule has 8 nitrogen and oxygen atoms in total. The number of primary amides is 1. The summed E-state index contributed by atoms with van der Waals surface area (Å²) in [4.78, 5) is 22.0. The SMILES string of the molecule is C[C@@H](Oc1ccccc1F)c1nnc(SCC(=O)NCC(N)=O)o1. The fourth-order valence-corrected chi connectivity index (χ4v) is 2.19. The Morgan fingerprint density at radius 2 is 2.17 bits per heavy atom. The largest absolute Gasteiger partial charge is 0.478 e. The Morgan fingerprint density at radius 3 is 2.88 bits per heavy atom. The van der Waals surface area contributed by atoms with Crippen LogP contribution >= 0.6 is 11.8 Å². The standard InChI is InChI=1S/C14H15FN4O4S/c1-8(22-10-5-3-2-4-9(10)15)13-18-19-14(23-13)24-7-12(21)17-6-11(16)20/h2-5,8H,6-7H2,1H3,(H2,16,20)(H,17,21)/t8-/m1/s1. The van der Waals surface area contributed by atoms with Gasteiger partial charge >= 0.3 is 0 Å². The Morgan fingerprint density at radius 1 is 1.42 bits per heavy atom. The average molecular weight is 354 g/mol. The average Bonchev–Trinajstić information content (AvgIpc) is 3.02. The molecule has 1 aromatic carbocycles. The van der Waals surface area contributed by atoms with E-state index >= 15 is 0 Å². The maximum atomic E-state index is 13.5. The normalized spacial score (nSPS) is 11.8. The molecular weight excluding hydrogens is 339 g/mol.